The van der Waals surface area contributed by atoms with Gasteiger partial charge in [-0.1, -0.05) is 34.8 Å². The second kappa shape index (κ2) is 7.63. The van der Waals surface area contributed by atoms with Crippen LogP contribution in [0.5, 0.6) is 5.75 Å². The van der Waals surface area contributed by atoms with Crippen molar-refractivity contribution in [2.45, 2.75) is 19.3 Å². The molecule has 4 nitrogen and oxygen atoms in total. The molecule has 0 saturated heterocycles. The molecule has 0 saturated carbocycles. The number of methoxy groups -OCH3 is 1. The Balaban J connectivity index is 1.95. The first-order chi connectivity index (χ1) is 13.1. The number of fused-ring (bicyclic) bond motifs is 1. The number of ether oxygens (including phenoxy) is 1. The lowest BCUT2D eigenvalue weighted by Crippen LogP contribution is -2.07. The lowest BCUT2D eigenvalue weighted by atomic mass is 10.0. The van der Waals surface area contributed by atoms with Crippen molar-refractivity contribution in [3.05, 3.63) is 57.0 Å². The fraction of sp³-hybridized carbons (Fsp3) is 0.250. The van der Waals surface area contributed by atoms with Gasteiger partial charge in [0.2, 0.25) is 0 Å². The molecule has 0 bridgehead atoms. The number of anilines is 1. The van der Waals surface area contributed by atoms with Crippen LogP contribution in [0.3, 0.4) is 0 Å². The Morgan fingerprint density at radius 2 is 1.89 bits per heavy atom. The molecule has 1 N–H and O–H groups in total. The van der Waals surface area contributed by atoms with Gasteiger partial charge < -0.3 is 10.1 Å². The smallest absolute Gasteiger partial charge is 0.133 e. The van der Waals surface area contributed by atoms with E-state index in [0.717, 1.165) is 59.9 Å². The van der Waals surface area contributed by atoms with Crippen molar-refractivity contribution in [3.8, 4) is 22.7 Å². The fourth-order valence-corrected chi connectivity index (χ4v) is 3.85. The van der Waals surface area contributed by atoms with Gasteiger partial charge in [0.05, 0.1) is 22.8 Å². The molecule has 0 spiro atoms. The van der Waals surface area contributed by atoms with Crippen molar-refractivity contribution < 1.29 is 4.74 Å². The highest BCUT2D eigenvalue weighted by Gasteiger charge is 2.24. The molecule has 0 radical (unpaired) electrons. The Kier molecular flexibility index (Phi) is 5.22. The van der Waals surface area contributed by atoms with E-state index in [1.165, 1.54) is 0 Å². The van der Waals surface area contributed by atoms with Crippen LogP contribution in [0.4, 0.5) is 5.82 Å². The second-order valence-electron chi connectivity index (χ2n) is 6.41. The van der Waals surface area contributed by atoms with Gasteiger partial charge in [0.1, 0.15) is 17.3 Å². The highest BCUT2D eigenvalue weighted by molar-refractivity contribution is 6.42. The minimum absolute atomic E-state index is 0.494. The third kappa shape index (κ3) is 3.49. The maximum absolute atomic E-state index is 6.26. The van der Waals surface area contributed by atoms with Crippen LogP contribution in [-0.4, -0.2) is 23.4 Å². The molecule has 7 heteroatoms. The van der Waals surface area contributed by atoms with Crippen molar-refractivity contribution in [2.24, 2.45) is 0 Å². The number of aromatic nitrogens is 2. The minimum atomic E-state index is 0.494. The predicted molar refractivity (Wildman–Crippen MR) is 112 cm³/mol. The lowest BCUT2D eigenvalue weighted by Gasteiger charge is -2.10. The monoisotopic (exact) mass is 421 g/mol. The number of rotatable bonds is 3. The summed E-state index contributed by atoms with van der Waals surface area (Å²) in [6.07, 6.45) is 3.11. The van der Waals surface area contributed by atoms with Gasteiger partial charge in [-0.15, -0.1) is 0 Å². The van der Waals surface area contributed by atoms with Crippen LogP contribution in [0.15, 0.2) is 36.4 Å². The second-order valence-corrected chi connectivity index (χ2v) is 7.67. The normalized spacial score (nSPS) is 13.6. The summed E-state index contributed by atoms with van der Waals surface area (Å²) in [5, 5.41) is 10.1. The molecule has 27 heavy (non-hydrogen) atoms. The standard InChI is InChI=1S/C20H18Cl3N3O/c1-27-18-8-5-12(21)10-15(18)19-14-4-2-3-9-24-20(14)26(25-19)13-6-7-16(22)17(23)11-13/h5-8,10-11,24H,2-4,9H2,1H3. The van der Waals surface area contributed by atoms with Gasteiger partial charge in [0.25, 0.3) is 0 Å². The summed E-state index contributed by atoms with van der Waals surface area (Å²) < 4.78 is 7.45. The van der Waals surface area contributed by atoms with E-state index < -0.39 is 0 Å². The molecule has 1 aromatic heterocycles. The zero-order chi connectivity index (χ0) is 19.0. The van der Waals surface area contributed by atoms with Crippen LogP contribution in [-0.2, 0) is 6.42 Å². The average molecular weight is 423 g/mol. The van der Waals surface area contributed by atoms with E-state index >= 15 is 0 Å². The molecule has 140 valence electrons. The van der Waals surface area contributed by atoms with E-state index in [0.29, 0.717) is 15.1 Å². The third-order valence-corrected chi connectivity index (χ3v) is 5.67. The lowest BCUT2D eigenvalue weighted by molar-refractivity contribution is 0.416. The van der Waals surface area contributed by atoms with Gasteiger partial charge in [0, 0.05) is 22.7 Å². The SMILES string of the molecule is COc1ccc(Cl)cc1-c1nn(-c2ccc(Cl)c(Cl)c2)c2c1CCCCN2. The molecule has 0 atom stereocenters. The number of hydrogen-bond acceptors (Lipinski definition) is 3. The van der Waals surface area contributed by atoms with Gasteiger partial charge >= 0.3 is 0 Å². The van der Waals surface area contributed by atoms with Crippen molar-refractivity contribution in [2.75, 3.05) is 19.0 Å². The number of nitrogens with one attached hydrogen (secondary N) is 1. The number of hydrogen-bond donors (Lipinski definition) is 1. The summed E-state index contributed by atoms with van der Waals surface area (Å²) in [5.74, 6) is 1.72. The average Bonchev–Trinajstić information content (AvgIpc) is 2.85. The number of nitrogens with zero attached hydrogens (tertiary/aromatic N) is 2. The Labute approximate surface area is 173 Å². The van der Waals surface area contributed by atoms with Crippen LogP contribution in [0, 0.1) is 0 Å². The van der Waals surface area contributed by atoms with E-state index in [9.17, 15) is 0 Å². The van der Waals surface area contributed by atoms with Crippen molar-refractivity contribution >= 4 is 40.6 Å². The van der Waals surface area contributed by atoms with Crippen molar-refractivity contribution in [3.63, 3.8) is 0 Å². The summed E-state index contributed by atoms with van der Waals surface area (Å²) in [6, 6.07) is 11.1. The maximum Gasteiger partial charge on any atom is 0.133 e. The molecule has 1 aliphatic heterocycles. The van der Waals surface area contributed by atoms with Gasteiger partial charge in [-0.25, -0.2) is 4.68 Å². The van der Waals surface area contributed by atoms with Crippen molar-refractivity contribution in [1.82, 2.24) is 9.78 Å². The zero-order valence-corrected chi connectivity index (χ0v) is 17.0. The van der Waals surface area contributed by atoms with Crippen LogP contribution in [0.25, 0.3) is 16.9 Å². The fourth-order valence-electron chi connectivity index (χ4n) is 3.39. The molecule has 4 rings (SSSR count). The van der Waals surface area contributed by atoms with Gasteiger partial charge in [-0.05, 0) is 55.7 Å². The Bertz CT molecular complexity index is 1000. The molecule has 2 heterocycles. The van der Waals surface area contributed by atoms with Crippen LogP contribution in [0.1, 0.15) is 18.4 Å². The molecule has 1 aliphatic rings. The summed E-state index contributed by atoms with van der Waals surface area (Å²) in [5.41, 5.74) is 3.75. The molecule has 0 amide bonds. The number of benzene rings is 2. The van der Waals surface area contributed by atoms with E-state index in [2.05, 4.69) is 5.32 Å². The Hall–Kier alpha value is -1.88. The summed E-state index contributed by atoms with van der Waals surface area (Å²) in [6.45, 7) is 0.895. The highest BCUT2D eigenvalue weighted by Crippen LogP contribution is 2.39. The maximum atomic E-state index is 6.26. The summed E-state index contributed by atoms with van der Waals surface area (Å²) >= 11 is 18.6. The molecule has 0 unspecified atom stereocenters. The molecular formula is C20H18Cl3N3O. The number of halogens is 3. The third-order valence-electron chi connectivity index (χ3n) is 4.69. The van der Waals surface area contributed by atoms with Gasteiger partial charge in [-0.2, -0.15) is 5.10 Å². The van der Waals surface area contributed by atoms with Crippen molar-refractivity contribution in [1.29, 1.82) is 0 Å². The van der Waals surface area contributed by atoms with Crippen LogP contribution in [0.2, 0.25) is 15.1 Å². The largest absolute Gasteiger partial charge is 0.496 e. The highest BCUT2D eigenvalue weighted by atomic mass is 35.5. The molecule has 2 aromatic carbocycles. The van der Waals surface area contributed by atoms with E-state index in [1.807, 2.05) is 35.0 Å². The Morgan fingerprint density at radius 3 is 2.67 bits per heavy atom. The van der Waals surface area contributed by atoms with E-state index in [-0.39, 0.29) is 0 Å². The van der Waals surface area contributed by atoms with Gasteiger partial charge in [-0.3, -0.25) is 0 Å². The Morgan fingerprint density at radius 1 is 1.04 bits per heavy atom. The van der Waals surface area contributed by atoms with Gasteiger partial charge in [0.15, 0.2) is 0 Å². The molecular weight excluding hydrogens is 405 g/mol. The summed E-state index contributed by atoms with van der Waals surface area (Å²) in [7, 11) is 1.65. The zero-order valence-electron chi connectivity index (χ0n) is 14.7. The minimum Gasteiger partial charge on any atom is -0.496 e. The van der Waals surface area contributed by atoms with E-state index in [1.54, 1.807) is 13.2 Å². The van der Waals surface area contributed by atoms with E-state index in [4.69, 9.17) is 44.6 Å². The quantitative estimate of drug-likeness (QED) is 0.541. The molecule has 0 fully saturated rings. The molecule has 3 aromatic rings. The first-order valence-electron chi connectivity index (χ1n) is 8.73. The topological polar surface area (TPSA) is 39.1 Å². The first-order valence-corrected chi connectivity index (χ1v) is 9.87. The van der Waals surface area contributed by atoms with Crippen LogP contribution < -0.4 is 10.1 Å². The molecule has 0 aliphatic carbocycles. The summed E-state index contributed by atoms with van der Waals surface area (Å²) in [4.78, 5) is 0. The first kappa shape index (κ1) is 18.5. The predicted octanol–water partition coefficient (Wildman–Crippen LogP) is 6.26. The van der Waals surface area contributed by atoms with Crippen LogP contribution >= 0.6 is 34.8 Å².